The summed E-state index contributed by atoms with van der Waals surface area (Å²) < 4.78 is 10.9. The van der Waals surface area contributed by atoms with Crippen LogP contribution in [0.3, 0.4) is 0 Å². The summed E-state index contributed by atoms with van der Waals surface area (Å²) in [6.45, 7) is 0. The molecule has 0 aliphatic carbocycles. The quantitative estimate of drug-likeness (QED) is 0.507. The van der Waals surface area contributed by atoms with E-state index in [9.17, 15) is 9.59 Å². The van der Waals surface area contributed by atoms with Gasteiger partial charge in [0.2, 0.25) is 5.91 Å². The first kappa shape index (κ1) is 17.3. The Labute approximate surface area is 151 Å². The molecule has 3 aromatic rings. The summed E-state index contributed by atoms with van der Waals surface area (Å²) in [6, 6.07) is 6.90. The van der Waals surface area contributed by atoms with Gasteiger partial charge in [0, 0.05) is 11.8 Å². The maximum absolute atomic E-state index is 12.1. The van der Waals surface area contributed by atoms with Gasteiger partial charge in [-0.05, 0) is 23.6 Å². The number of anilines is 1. The number of thiophene rings is 1. The molecular weight excluding hydrogens is 362 g/mol. The molecule has 9 heteroatoms. The number of hydrogen-bond acceptors (Lipinski definition) is 7. The first-order chi connectivity index (χ1) is 12.1. The summed E-state index contributed by atoms with van der Waals surface area (Å²) >= 11 is 2.51. The largest absolute Gasteiger partial charge is 0.493 e. The number of methoxy groups -OCH3 is 2. The predicted molar refractivity (Wildman–Crippen MR) is 99.1 cm³/mol. The van der Waals surface area contributed by atoms with E-state index in [4.69, 9.17) is 9.47 Å². The molecule has 1 amide bonds. The van der Waals surface area contributed by atoms with Crippen molar-refractivity contribution in [2.75, 3.05) is 25.3 Å². The number of aromatic nitrogens is 2. The van der Waals surface area contributed by atoms with Crippen molar-refractivity contribution >= 4 is 44.9 Å². The summed E-state index contributed by atoms with van der Waals surface area (Å²) in [5, 5.41) is 5.00. The minimum atomic E-state index is -0.217. The van der Waals surface area contributed by atoms with Crippen LogP contribution in [-0.4, -0.2) is 35.8 Å². The number of hydrogen-bond donors (Lipinski definition) is 2. The first-order valence-corrected chi connectivity index (χ1v) is 9.09. The maximum atomic E-state index is 12.1. The molecule has 0 unspecified atom stereocenters. The van der Waals surface area contributed by atoms with Gasteiger partial charge in [0.1, 0.15) is 4.70 Å². The second kappa shape index (κ2) is 7.58. The van der Waals surface area contributed by atoms with Crippen LogP contribution in [0.5, 0.6) is 11.5 Å². The van der Waals surface area contributed by atoms with Crippen molar-refractivity contribution in [2.45, 2.75) is 5.16 Å². The first-order valence-electron chi connectivity index (χ1n) is 7.23. The number of rotatable bonds is 6. The van der Waals surface area contributed by atoms with Crippen LogP contribution in [-0.2, 0) is 4.79 Å². The molecule has 2 heterocycles. The normalized spacial score (nSPS) is 10.6. The van der Waals surface area contributed by atoms with Crippen LogP contribution in [0.1, 0.15) is 0 Å². The molecule has 25 heavy (non-hydrogen) atoms. The van der Waals surface area contributed by atoms with E-state index in [2.05, 4.69) is 15.3 Å². The number of carbonyl (C=O) groups excluding carboxylic acids is 1. The number of carbonyl (C=O) groups is 1. The number of thioether (sulfide) groups is 1. The number of nitrogens with zero attached hydrogens (tertiary/aromatic N) is 1. The predicted octanol–water partition coefficient (Wildman–Crippen LogP) is 2.73. The monoisotopic (exact) mass is 377 g/mol. The van der Waals surface area contributed by atoms with E-state index in [0.29, 0.717) is 32.6 Å². The van der Waals surface area contributed by atoms with Crippen molar-refractivity contribution in [1.29, 1.82) is 0 Å². The van der Waals surface area contributed by atoms with E-state index in [0.717, 1.165) is 0 Å². The molecule has 0 atom stereocenters. The molecule has 0 spiro atoms. The lowest BCUT2D eigenvalue weighted by atomic mass is 10.2. The van der Waals surface area contributed by atoms with Crippen molar-refractivity contribution in [1.82, 2.24) is 9.97 Å². The Hall–Kier alpha value is -2.52. The zero-order chi connectivity index (χ0) is 17.8. The molecule has 0 fully saturated rings. The molecule has 3 rings (SSSR count). The molecule has 2 N–H and O–H groups in total. The Kier molecular flexibility index (Phi) is 5.25. The van der Waals surface area contributed by atoms with E-state index in [1.807, 2.05) is 5.38 Å². The highest BCUT2D eigenvalue weighted by Gasteiger charge is 2.10. The average molecular weight is 377 g/mol. The van der Waals surface area contributed by atoms with Crippen molar-refractivity contribution in [3.05, 3.63) is 40.0 Å². The lowest BCUT2D eigenvalue weighted by Gasteiger charge is -2.10. The third kappa shape index (κ3) is 3.94. The van der Waals surface area contributed by atoms with Crippen LogP contribution >= 0.6 is 23.1 Å². The number of amides is 1. The molecule has 130 valence electrons. The third-order valence-corrected chi connectivity index (χ3v) is 5.08. The van der Waals surface area contributed by atoms with Crippen LogP contribution in [0.25, 0.3) is 10.2 Å². The number of benzene rings is 1. The summed E-state index contributed by atoms with van der Waals surface area (Å²) in [4.78, 5) is 31.0. The van der Waals surface area contributed by atoms with Gasteiger partial charge < -0.3 is 19.8 Å². The SMILES string of the molecule is COc1ccc(NC(=O)CSc2nc3ccsc3c(=O)[nH]2)cc1OC. The van der Waals surface area contributed by atoms with Crippen molar-refractivity contribution < 1.29 is 14.3 Å². The number of nitrogens with one attached hydrogen (secondary N) is 2. The van der Waals surface area contributed by atoms with Crippen LogP contribution < -0.4 is 20.3 Å². The van der Waals surface area contributed by atoms with Gasteiger partial charge in [0.15, 0.2) is 16.7 Å². The summed E-state index contributed by atoms with van der Waals surface area (Å²) in [5.74, 6) is 1.01. The Bertz CT molecular complexity index is 967. The smallest absolute Gasteiger partial charge is 0.269 e. The standard InChI is InChI=1S/C16H15N3O4S2/c1-22-11-4-3-9(7-12(11)23-2)17-13(20)8-25-16-18-10-5-6-24-14(10)15(21)19-16/h3-7H,8H2,1-2H3,(H,17,20)(H,18,19,21). The fraction of sp³-hybridized carbons (Fsp3) is 0.188. The van der Waals surface area contributed by atoms with Gasteiger partial charge >= 0.3 is 0 Å². The number of fused-ring (bicyclic) bond motifs is 1. The molecule has 2 aromatic heterocycles. The van der Waals surface area contributed by atoms with Crippen LogP contribution in [0.4, 0.5) is 5.69 Å². The van der Waals surface area contributed by atoms with Crippen LogP contribution in [0, 0.1) is 0 Å². The fourth-order valence-electron chi connectivity index (χ4n) is 2.17. The molecule has 0 saturated heterocycles. The highest BCUT2D eigenvalue weighted by molar-refractivity contribution is 7.99. The van der Waals surface area contributed by atoms with Gasteiger partial charge in [-0.1, -0.05) is 11.8 Å². The number of H-pyrrole nitrogens is 1. The van der Waals surface area contributed by atoms with Gasteiger partial charge in [-0.3, -0.25) is 9.59 Å². The lowest BCUT2D eigenvalue weighted by Crippen LogP contribution is -2.15. The minimum absolute atomic E-state index is 0.118. The average Bonchev–Trinajstić information content (AvgIpc) is 3.09. The minimum Gasteiger partial charge on any atom is -0.493 e. The lowest BCUT2D eigenvalue weighted by molar-refractivity contribution is -0.113. The van der Waals surface area contributed by atoms with Gasteiger partial charge in [0.05, 0.1) is 25.5 Å². The highest BCUT2D eigenvalue weighted by Crippen LogP contribution is 2.29. The zero-order valence-corrected chi connectivity index (χ0v) is 15.1. The van der Waals surface area contributed by atoms with E-state index >= 15 is 0 Å². The molecule has 0 aliphatic rings. The Balaban J connectivity index is 1.65. The Morgan fingerprint density at radius 3 is 2.84 bits per heavy atom. The van der Waals surface area contributed by atoms with Crippen molar-refractivity contribution in [3.63, 3.8) is 0 Å². The van der Waals surface area contributed by atoms with Gasteiger partial charge in [-0.2, -0.15) is 0 Å². The van der Waals surface area contributed by atoms with Crippen molar-refractivity contribution in [2.24, 2.45) is 0 Å². The van der Waals surface area contributed by atoms with E-state index < -0.39 is 0 Å². The molecule has 7 nitrogen and oxygen atoms in total. The van der Waals surface area contributed by atoms with Crippen LogP contribution in [0.2, 0.25) is 0 Å². The second-order valence-electron chi connectivity index (χ2n) is 4.91. The molecule has 0 aliphatic heterocycles. The summed E-state index contributed by atoms with van der Waals surface area (Å²) in [7, 11) is 3.08. The van der Waals surface area contributed by atoms with Crippen molar-refractivity contribution in [3.8, 4) is 11.5 Å². The third-order valence-electron chi connectivity index (χ3n) is 3.30. The van der Waals surface area contributed by atoms with Gasteiger partial charge in [0.25, 0.3) is 5.56 Å². The summed E-state index contributed by atoms with van der Waals surface area (Å²) in [6.07, 6.45) is 0. The highest BCUT2D eigenvalue weighted by atomic mass is 32.2. The molecule has 1 aromatic carbocycles. The molecule has 0 saturated carbocycles. The fourth-order valence-corrected chi connectivity index (χ4v) is 3.56. The summed E-state index contributed by atoms with van der Waals surface area (Å²) in [5.41, 5.74) is 1.04. The van der Waals surface area contributed by atoms with E-state index in [1.165, 1.54) is 30.2 Å². The topological polar surface area (TPSA) is 93.3 Å². The van der Waals surface area contributed by atoms with Crippen LogP contribution in [0.15, 0.2) is 39.6 Å². The van der Waals surface area contributed by atoms with Gasteiger partial charge in [-0.25, -0.2) is 4.98 Å². The molecule has 0 bridgehead atoms. The maximum Gasteiger partial charge on any atom is 0.269 e. The van der Waals surface area contributed by atoms with E-state index in [-0.39, 0.29) is 17.2 Å². The number of aromatic amines is 1. The zero-order valence-electron chi connectivity index (χ0n) is 13.5. The number of ether oxygens (including phenoxy) is 2. The Morgan fingerprint density at radius 1 is 1.28 bits per heavy atom. The second-order valence-corrected chi connectivity index (χ2v) is 6.79. The van der Waals surface area contributed by atoms with E-state index in [1.54, 1.807) is 31.4 Å². The van der Waals surface area contributed by atoms with Gasteiger partial charge in [-0.15, -0.1) is 11.3 Å². The molecular formula is C16H15N3O4S2. The molecule has 0 radical (unpaired) electrons. The Morgan fingerprint density at radius 2 is 2.08 bits per heavy atom.